The molecule has 1 aliphatic rings. The summed E-state index contributed by atoms with van der Waals surface area (Å²) in [5.41, 5.74) is 10.6. The molecule has 1 aliphatic heterocycles. The van der Waals surface area contributed by atoms with E-state index in [1.54, 1.807) is 0 Å². The molecule has 0 radical (unpaired) electrons. The minimum absolute atomic E-state index is 0.579. The van der Waals surface area contributed by atoms with E-state index in [2.05, 4.69) is 169 Å². The molecule has 4 nitrogen and oxygen atoms in total. The number of rotatable bonds is 3. The van der Waals surface area contributed by atoms with E-state index in [0.29, 0.717) is 11.7 Å². The highest BCUT2D eigenvalue weighted by molar-refractivity contribution is 7.05. The lowest BCUT2D eigenvalue weighted by atomic mass is 9.98. The van der Waals surface area contributed by atoms with Crippen LogP contribution in [0.1, 0.15) is 0 Å². The fourth-order valence-electron chi connectivity index (χ4n) is 9.42. The van der Waals surface area contributed by atoms with Crippen LogP contribution in [0.3, 0.4) is 0 Å². The zero-order valence-corrected chi connectivity index (χ0v) is 31.3. The third-order valence-corrected chi connectivity index (χ3v) is 15.5. The molecular formula is C50H33N3OSi. The number of benzene rings is 8. The second-order valence-corrected chi connectivity index (χ2v) is 19.7. The average Bonchev–Trinajstić information content (AvgIpc) is 3.84. The van der Waals surface area contributed by atoms with Gasteiger partial charge in [-0.05, 0) is 90.6 Å². The molecule has 12 rings (SSSR count). The van der Waals surface area contributed by atoms with Crippen molar-refractivity contribution in [2.45, 2.75) is 13.1 Å². The molecule has 0 unspecified atom stereocenters. The molecule has 0 bridgehead atoms. The molecule has 258 valence electrons. The van der Waals surface area contributed by atoms with Crippen LogP contribution >= 0.6 is 0 Å². The Morgan fingerprint density at radius 3 is 2.07 bits per heavy atom. The standard InChI is InChI=1S/C50H33N3OSi/c1-55(2)45-19-11-8-15-37(45)38-25-24-34-28-43-41(29-40(34)48(38)55)36-14-6-9-17-42(36)53(43)50-51-47(46-39-16-7-10-18-44(39)54-49(46)52-50)35-23-22-32-26-31(20-21-33(32)27-35)30-12-4-3-5-13-30/h3-29H,1-2H3. The first-order valence-electron chi connectivity index (χ1n) is 18.9. The maximum Gasteiger partial charge on any atom is 0.238 e. The molecule has 0 saturated carbocycles. The summed E-state index contributed by atoms with van der Waals surface area (Å²) in [4.78, 5) is 10.7. The fraction of sp³-hybridized carbons (Fsp3) is 0.0400. The number of aromatic nitrogens is 3. The van der Waals surface area contributed by atoms with E-state index in [0.717, 1.165) is 44.0 Å². The fourth-order valence-corrected chi connectivity index (χ4v) is 12.9. The molecule has 0 amide bonds. The SMILES string of the molecule is C[Si]1(C)c2ccccc2-c2ccc3cc4c(cc3c21)c1ccccc1n4-c1nc(-c2ccc3cc(-c4ccccc4)ccc3c2)c2c(n1)oc1ccccc12. The van der Waals surface area contributed by atoms with E-state index >= 15 is 0 Å². The van der Waals surface area contributed by atoms with Crippen molar-refractivity contribution in [3.63, 3.8) is 0 Å². The third-order valence-electron chi connectivity index (χ3n) is 12.0. The highest BCUT2D eigenvalue weighted by atomic mass is 28.3. The van der Waals surface area contributed by atoms with Gasteiger partial charge in [0.15, 0.2) is 0 Å². The summed E-state index contributed by atoms with van der Waals surface area (Å²) in [6.45, 7) is 5.00. The van der Waals surface area contributed by atoms with Crippen LogP contribution in [-0.2, 0) is 0 Å². The Hall–Kier alpha value is -6.82. The first kappa shape index (κ1) is 30.6. The summed E-state index contributed by atoms with van der Waals surface area (Å²) in [5, 5.41) is 12.3. The summed E-state index contributed by atoms with van der Waals surface area (Å²) in [6, 6.07) is 59.2. The van der Waals surface area contributed by atoms with Crippen molar-refractivity contribution in [2.75, 3.05) is 0 Å². The van der Waals surface area contributed by atoms with E-state index in [4.69, 9.17) is 14.4 Å². The van der Waals surface area contributed by atoms with Gasteiger partial charge in [0.2, 0.25) is 11.7 Å². The minimum Gasteiger partial charge on any atom is -0.437 e. The lowest BCUT2D eigenvalue weighted by Gasteiger charge is -2.21. The normalized spacial score (nSPS) is 13.4. The molecule has 11 aromatic rings. The van der Waals surface area contributed by atoms with Gasteiger partial charge in [0.1, 0.15) is 13.7 Å². The van der Waals surface area contributed by atoms with Gasteiger partial charge in [-0.25, -0.2) is 4.98 Å². The number of hydrogen-bond acceptors (Lipinski definition) is 3. The number of furan rings is 1. The smallest absolute Gasteiger partial charge is 0.238 e. The molecule has 3 aromatic heterocycles. The molecule has 0 fully saturated rings. The van der Waals surface area contributed by atoms with Crippen molar-refractivity contribution in [2.24, 2.45) is 0 Å². The summed E-state index contributed by atoms with van der Waals surface area (Å²) in [7, 11) is -1.93. The first-order chi connectivity index (χ1) is 27.0. The topological polar surface area (TPSA) is 43.9 Å². The van der Waals surface area contributed by atoms with E-state index in [-0.39, 0.29) is 0 Å². The Labute approximate surface area is 318 Å². The minimum atomic E-state index is -1.93. The first-order valence-corrected chi connectivity index (χ1v) is 21.9. The van der Waals surface area contributed by atoms with Crippen LogP contribution in [0.4, 0.5) is 0 Å². The van der Waals surface area contributed by atoms with E-state index < -0.39 is 8.07 Å². The van der Waals surface area contributed by atoms with Gasteiger partial charge in [-0.3, -0.25) is 4.57 Å². The Bertz CT molecular complexity index is 3410. The van der Waals surface area contributed by atoms with Crippen molar-refractivity contribution in [3.05, 3.63) is 164 Å². The molecule has 0 N–H and O–H groups in total. The van der Waals surface area contributed by atoms with Crippen LogP contribution in [0.5, 0.6) is 0 Å². The summed E-state index contributed by atoms with van der Waals surface area (Å²) in [5.74, 6) is 0.592. The van der Waals surface area contributed by atoms with E-state index in [1.165, 1.54) is 59.6 Å². The Kier molecular flexibility index (Phi) is 6.18. The van der Waals surface area contributed by atoms with Crippen LogP contribution in [0.15, 0.2) is 168 Å². The largest absolute Gasteiger partial charge is 0.437 e. The zero-order chi connectivity index (χ0) is 36.4. The molecule has 8 aromatic carbocycles. The number of nitrogens with zero attached hydrogens (tertiary/aromatic N) is 3. The highest BCUT2D eigenvalue weighted by Gasteiger charge is 2.38. The van der Waals surface area contributed by atoms with Gasteiger partial charge >= 0.3 is 0 Å². The zero-order valence-electron chi connectivity index (χ0n) is 30.3. The molecule has 0 saturated heterocycles. The molecule has 0 atom stereocenters. The van der Waals surface area contributed by atoms with Crippen molar-refractivity contribution in [1.29, 1.82) is 0 Å². The van der Waals surface area contributed by atoms with Crippen LogP contribution in [0, 0.1) is 0 Å². The lowest BCUT2D eigenvalue weighted by molar-refractivity contribution is 0.651. The van der Waals surface area contributed by atoms with Gasteiger partial charge in [0, 0.05) is 21.7 Å². The average molecular weight is 720 g/mol. The quantitative estimate of drug-likeness (QED) is 0.171. The van der Waals surface area contributed by atoms with E-state index in [1.807, 2.05) is 12.1 Å². The van der Waals surface area contributed by atoms with Gasteiger partial charge in [-0.2, -0.15) is 4.98 Å². The van der Waals surface area contributed by atoms with Gasteiger partial charge in [-0.15, -0.1) is 0 Å². The summed E-state index contributed by atoms with van der Waals surface area (Å²) >= 11 is 0. The van der Waals surface area contributed by atoms with Crippen molar-refractivity contribution >= 4 is 83.9 Å². The van der Waals surface area contributed by atoms with Gasteiger partial charge in [-0.1, -0.05) is 140 Å². The van der Waals surface area contributed by atoms with Crippen molar-refractivity contribution in [3.8, 4) is 39.5 Å². The lowest BCUT2D eigenvalue weighted by Crippen LogP contribution is -2.49. The number of fused-ring (bicyclic) bond motifs is 12. The second kappa shape index (κ2) is 11.1. The molecule has 0 spiro atoms. The van der Waals surface area contributed by atoms with Crippen molar-refractivity contribution in [1.82, 2.24) is 14.5 Å². The number of para-hydroxylation sites is 2. The molecule has 0 aliphatic carbocycles. The van der Waals surface area contributed by atoms with Gasteiger partial charge in [0.25, 0.3) is 0 Å². The third kappa shape index (κ3) is 4.33. The number of hydrogen-bond donors (Lipinski definition) is 0. The molecule has 55 heavy (non-hydrogen) atoms. The van der Waals surface area contributed by atoms with Crippen LogP contribution < -0.4 is 10.4 Å². The van der Waals surface area contributed by atoms with Crippen LogP contribution in [0.25, 0.3) is 105 Å². The maximum atomic E-state index is 6.54. The predicted molar refractivity (Wildman–Crippen MR) is 232 cm³/mol. The molecule has 5 heteroatoms. The highest BCUT2D eigenvalue weighted by Crippen LogP contribution is 2.41. The maximum absolute atomic E-state index is 6.54. The predicted octanol–water partition coefficient (Wildman–Crippen LogP) is 11.9. The Morgan fingerprint density at radius 2 is 1.20 bits per heavy atom. The molecular weight excluding hydrogens is 687 g/mol. The summed E-state index contributed by atoms with van der Waals surface area (Å²) in [6.07, 6.45) is 0. The molecule has 4 heterocycles. The van der Waals surface area contributed by atoms with Crippen LogP contribution in [0.2, 0.25) is 13.1 Å². The van der Waals surface area contributed by atoms with Crippen molar-refractivity contribution < 1.29 is 4.42 Å². The monoisotopic (exact) mass is 719 g/mol. The van der Waals surface area contributed by atoms with Gasteiger partial charge < -0.3 is 4.42 Å². The van der Waals surface area contributed by atoms with Gasteiger partial charge in [0.05, 0.1) is 22.1 Å². The second-order valence-electron chi connectivity index (χ2n) is 15.4. The Morgan fingerprint density at radius 1 is 0.491 bits per heavy atom. The van der Waals surface area contributed by atoms with Crippen LogP contribution in [-0.4, -0.2) is 22.6 Å². The Balaban J connectivity index is 1.11. The van der Waals surface area contributed by atoms with E-state index in [9.17, 15) is 0 Å². The summed E-state index contributed by atoms with van der Waals surface area (Å²) < 4.78 is 8.78.